The van der Waals surface area contributed by atoms with Crippen LogP contribution in [0.2, 0.25) is 0 Å². The molecule has 2 aromatic rings. The average Bonchev–Trinajstić information content (AvgIpc) is 3.07. The van der Waals surface area contributed by atoms with Crippen molar-refractivity contribution in [1.29, 1.82) is 0 Å². The molecule has 0 spiro atoms. The molecule has 1 aromatic heterocycles. The Balaban J connectivity index is 2.06. The van der Waals surface area contributed by atoms with Gasteiger partial charge < -0.3 is 10.6 Å². The van der Waals surface area contributed by atoms with Crippen LogP contribution < -0.4 is 10.6 Å². The number of nitro benzene ring substituents is 1. The SMILES string of the molecule is CC(C)C(NC(=O)c1cccs1)C(=O)Nc1ccc([N+](=O)[O-])cc1. The first-order valence-electron chi connectivity index (χ1n) is 7.28. The van der Waals surface area contributed by atoms with Gasteiger partial charge in [0.05, 0.1) is 9.80 Å². The molecule has 2 rings (SSSR count). The Morgan fingerprint density at radius 2 is 1.83 bits per heavy atom. The van der Waals surface area contributed by atoms with E-state index in [0.717, 1.165) is 0 Å². The minimum Gasteiger partial charge on any atom is -0.339 e. The van der Waals surface area contributed by atoms with Crippen molar-refractivity contribution in [2.24, 2.45) is 5.92 Å². The first-order chi connectivity index (χ1) is 11.4. The van der Waals surface area contributed by atoms with Crippen LogP contribution in [0.15, 0.2) is 41.8 Å². The maximum atomic E-state index is 12.4. The second-order valence-corrected chi connectivity index (χ2v) is 6.41. The zero-order chi connectivity index (χ0) is 17.7. The molecule has 0 radical (unpaired) electrons. The molecule has 1 unspecified atom stereocenters. The van der Waals surface area contributed by atoms with Crippen molar-refractivity contribution in [3.8, 4) is 0 Å². The van der Waals surface area contributed by atoms with E-state index < -0.39 is 11.0 Å². The lowest BCUT2D eigenvalue weighted by molar-refractivity contribution is -0.384. The summed E-state index contributed by atoms with van der Waals surface area (Å²) in [6, 6.07) is 8.26. The molecule has 1 atom stereocenters. The van der Waals surface area contributed by atoms with Crippen molar-refractivity contribution in [2.75, 3.05) is 5.32 Å². The number of amides is 2. The molecule has 1 heterocycles. The second kappa shape index (κ2) is 7.69. The molecule has 0 aliphatic rings. The summed E-state index contributed by atoms with van der Waals surface area (Å²) in [6.07, 6.45) is 0. The number of nitrogens with one attached hydrogen (secondary N) is 2. The fraction of sp³-hybridized carbons (Fsp3) is 0.250. The van der Waals surface area contributed by atoms with Crippen LogP contribution >= 0.6 is 11.3 Å². The number of carbonyl (C=O) groups is 2. The Hall–Kier alpha value is -2.74. The highest BCUT2D eigenvalue weighted by atomic mass is 32.1. The van der Waals surface area contributed by atoms with Gasteiger partial charge in [-0.1, -0.05) is 19.9 Å². The van der Waals surface area contributed by atoms with E-state index >= 15 is 0 Å². The van der Waals surface area contributed by atoms with Crippen molar-refractivity contribution in [3.63, 3.8) is 0 Å². The van der Waals surface area contributed by atoms with Crippen molar-refractivity contribution < 1.29 is 14.5 Å². The molecule has 0 saturated heterocycles. The van der Waals surface area contributed by atoms with Gasteiger partial charge in [0.2, 0.25) is 5.91 Å². The van der Waals surface area contributed by atoms with Crippen molar-refractivity contribution in [1.82, 2.24) is 5.32 Å². The molecule has 24 heavy (non-hydrogen) atoms. The number of thiophene rings is 1. The third-order valence-electron chi connectivity index (χ3n) is 3.33. The monoisotopic (exact) mass is 347 g/mol. The molecule has 2 N–H and O–H groups in total. The fourth-order valence-corrected chi connectivity index (χ4v) is 2.67. The summed E-state index contributed by atoms with van der Waals surface area (Å²) < 4.78 is 0. The van der Waals surface area contributed by atoms with Crippen LogP contribution in [0.4, 0.5) is 11.4 Å². The Kier molecular flexibility index (Phi) is 5.64. The lowest BCUT2D eigenvalue weighted by Crippen LogP contribution is -2.46. The summed E-state index contributed by atoms with van der Waals surface area (Å²) in [4.78, 5) is 35.2. The van der Waals surface area contributed by atoms with E-state index in [0.29, 0.717) is 10.6 Å². The third kappa shape index (κ3) is 4.39. The Morgan fingerprint density at radius 1 is 1.17 bits per heavy atom. The van der Waals surface area contributed by atoms with E-state index in [1.54, 1.807) is 17.5 Å². The van der Waals surface area contributed by atoms with Gasteiger partial charge in [-0.25, -0.2) is 0 Å². The van der Waals surface area contributed by atoms with Crippen LogP contribution in [0.1, 0.15) is 23.5 Å². The molecule has 8 heteroatoms. The summed E-state index contributed by atoms with van der Waals surface area (Å²) in [6.45, 7) is 3.66. The summed E-state index contributed by atoms with van der Waals surface area (Å²) in [7, 11) is 0. The second-order valence-electron chi connectivity index (χ2n) is 5.47. The fourth-order valence-electron chi connectivity index (χ4n) is 2.04. The van der Waals surface area contributed by atoms with Crippen LogP contribution in [0, 0.1) is 16.0 Å². The number of non-ortho nitro benzene ring substituents is 1. The summed E-state index contributed by atoms with van der Waals surface area (Å²) in [5.74, 6) is -0.793. The van der Waals surface area contributed by atoms with E-state index in [1.165, 1.54) is 35.6 Å². The summed E-state index contributed by atoms with van der Waals surface area (Å²) >= 11 is 1.30. The van der Waals surface area contributed by atoms with Gasteiger partial charge in [0.1, 0.15) is 6.04 Å². The van der Waals surface area contributed by atoms with Gasteiger partial charge in [-0.2, -0.15) is 0 Å². The van der Waals surface area contributed by atoms with Crippen molar-refractivity contribution in [2.45, 2.75) is 19.9 Å². The van der Waals surface area contributed by atoms with E-state index in [2.05, 4.69) is 10.6 Å². The van der Waals surface area contributed by atoms with Crippen molar-refractivity contribution in [3.05, 3.63) is 56.8 Å². The molecule has 0 saturated carbocycles. The zero-order valence-electron chi connectivity index (χ0n) is 13.2. The Labute approximate surface area is 142 Å². The summed E-state index contributed by atoms with van der Waals surface area (Å²) in [5, 5.41) is 17.8. The molecule has 126 valence electrons. The smallest absolute Gasteiger partial charge is 0.269 e. The minimum absolute atomic E-state index is 0.0561. The summed E-state index contributed by atoms with van der Waals surface area (Å²) in [5.41, 5.74) is 0.376. The standard InChI is InChI=1S/C16H17N3O4S/c1-10(2)14(18-15(20)13-4-3-9-24-13)16(21)17-11-5-7-12(8-6-11)19(22)23/h3-10,14H,1-2H3,(H,17,21)(H,18,20). The molecular weight excluding hydrogens is 330 g/mol. The molecule has 2 amide bonds. The first kappa shape index (κ1) is 17.6. The number of nitrogens with zero attached hydrogens (tertiary/aromatic N) is 1. The predicted octanol–water partition coefficient (Wildman–Crippen LogP) is 3.05. The predicted molar refractivity (Wildman–Crippen MR) is 92.1 cm³/mol. The van der Waals surface area contributed by atoms with Gasteiger partial charge in [-0.05, 0) is 29.5 Å². The van der Waals surface area contributed by atoms with Gasteiger partial charge in [-0.15, -0.1) is 11.3 Å². The minimum atomic E-state index is -0.713. The third-order valence-corrected chi connectivity index (χ3v) is 4.19. The van der Waals surface area contributed by atoms with Crippen LogP contribution in [-0.4, -0.2) is 22.8 Å². The van der Waals surface area contributed by atoms with Crippen LogP contribution in [0.3, 0.4) is 0 Å². The average molecular weight is 347 g/mol. The maximum Gasteiger partial charge on any atom is 0.269 e. The van der Waals surface area contributed by atoms with E-state index in [-0.39, 0.29) is 23.4 Å². The van der Waals surface area contributed by atoms with Crippen molar-refractivity contribution >= 4 is 34.5 Å². The lowest BCUT2D eigenvalue weighted by Gasteiger charge is -2.21. The highest BCUT2D eigenvalue weighted by molar-refractivity contribution is 7.12. The lowest BCUT2D eigenvalue weighted by atomic mass is 10.0. The maximum absolute atomic E-state index is 12.4. The number of anilines is 1. The molecule has 0 aliphatic carbocycles. The van der Waals surface area contributed by atoms with Crippen LogP contribution in [0.25, 0.3) is 0 Å². The van der Waals surface area contributed by atoms with Gasteiger partial charge >= 0.3 is 0 Å². The normalized spacial score (nSPS) is 11.8. The van der Waals surface area contributed by atoms with Gasteiger partial charge in [0, 0.05) is 17.8 Å². The highest BCUT2D eigenvalue weighted by Crippen LogP contribution is 2.17. The van der Waals surface area contributed by atoms with Gasteiger partial charge in [0.25, 0.3) is 11.6 Å². The number of hydrogen-bond acceptors (Lipinski definition) is 5. The highest BCUT2D eigenvalue weighted by Gasteiger charge is 2.25. The number of hydrogen-bond donors (Lipinski definition) is 2. The molecule has 0 aliphatic heterocycles. The van der Waals surface area contributed by atoms with E-state index in [1.807, 2.05) is 13.8 Å². The number of nitro groups is 1. The Morgan fingerprint density at radius 3 is 2.33 bits per heavy atom. The van der Waals surface area contributed by atoms with Gasteiger partial charge in [0.15, 0.2) is 0 Å². The topological polar surface area (TPSA) is 101 Å². The van der Waals surface area contributed by atoms with E-state index in [9.17, 15) is 19.7 Å². The first-order valence-corrected chi connectivity index (χ1v) is 8.16. The zero-order valence-corrected chi connectivity index (χ0v) is 14.0. The van der Waals surface area contributed by atoms with E-state index in [4.69, 9.17) is 0 Å². The van der Waals surface area contributed by atoms with Crippen LogP contribution in [-0.2, 0) is 4.79 Å². The molecule has 0 fully saturated rings. The number of rotatable bonds is 6. The largest absolute Gasteiger partial charge is 0.339 e. The number of carbonyl (C=O) groups excluding carboxylic acids is 2. The number of benzene rings is 1. The molecular formula is C16H17N3O4S. The molecule has 7 nitrogen and oxygen atoms in total. The quantitative estimate of drug-likeness (QED) is 0.619. The molecule has 0 bridgehead atoms. The molecule has 1 aromatic carbocycles. The van der Waals surface area contributed by atoms with Gasteiger partial charge in [-0.3, -0.25) is 19.7 Å². The van der Waals surface area contributed by atoms with Crippen LogP contribution in [0.5, 0.6) is 0 Å². The Bertz CT molecular complexity index is 726.